The number of halogens is 4. The van der Waals surface area contributed by atoms with Crippen molar-refractivity contribution in [3.63, 3.8) is 0 Å². The van der Waals surface area contributed by atoms with Crippen molar-refractivity contribution in [1.82, 2.24) is 5.32 Å². The molecule has 0 saturated heterocycles. The zero-order chi connectivity index (χ0) is 18.9. The zero-order valence-electron chi connectivity index (χ0n) is 14.1. The average Bonchev–Trinajstić information content (AvgIpc) is 2.37. The third-order valence-electron chi connectivity index (χ3n) is 3.17. The Kier molecular flexibility index (Phi) is 5.60. The molecular formula is C16H20ClF3N2O2. The number of hydrogen-bond donors (Lipinski definition) is 2. The highest BCUT2D eigenvalue weighted by atomic mass is 35.5. The molecule has 0 aromatic heterocycles. The van der Waals surface area contributed by atoms with Crippen LogP contribution in [0.25, 0.3) is 0 Å². The molecule has 0 fully saturated rings. The van der Waals surface area contributed by atoms with Gasteiger partial charge in [0, 0.05) is 5.54 Å². The third kappa shape index (κ3) is 5.12. The number of anilines is 1. The van der Waals surface area contributed by atoms with Gasteiger partial charge < -0.3 is 10.6 Å². The molecule has 1 aromatic rings. The first-order chi connectivity index (χ1) is 10.6. The fourth-order valence-electron chi connectivity index (χ4n) is 1.68. The van der Waals surface area contributed by atoms with E-state index < -0.39 is 34.5 Å². The summed E-state index contributed by atoms with van der Waals surface area (Å²) in [7, 11) is 0. The summed E-state index contributed by atoms with van der Waals surface area (Å²) < 4.78 is 38.3. The van der Waals surface area contributed by atoms with Crippen molar-refractivity contribution >= 4 is 29.1 Å². The molecule has 0 aliphatic carbocycles. The number of alkyl halides is 3. The number of carbonyl (C=O) groups excluding carboxylic acids is 2. The topological polar surface area (TPSA) is 58.2 Å². The maximum absolute atomic E-state index is 12.8. The second-order valence-corrected chi connectivity index (χ2v) is 7.38. The van der Waals surface area contributed by atoms with Crippen LogP contribution in [0.15, 0.2) is 18.2 Å². The van der Waals surface area contributed by atoms with E-state index in [1.807, 2.05) is 0 Å². The van der Waals surface area contributed by atoms with Gasteiger partial charge in [-0.3, -0.25) is 9.59 Å². The van der Waals surface area contributed by atoms with Crippen molar-refractivity contribution in [3.05, 3.63) is 28.8 Å². The van der Waals surface area contributed by atoms with Crippen molar-refractivity contribution < 1.29 is 22.8 Å². The van der Waals surface area contributed by atoms with E-state index in [-0.39, 0.29) is 10.7 Å². The van der Waals surface area contributed by atoms with Crippen LogP contribution in [0.3, 0.4) is 0 Å². The lowest BCUT2D eigenvalue weighted by Gasteiger charge is -2.28. The Balaban J connectivity index is 3.04. The summed E-state index contributed by atoms with van der Waals surface area (Å²) in [6.07, 6.45) is -4.57. The van der Waals surface area contributed by atoms with Crippen molar-refractivity contribution in [1.29, 1.82) is 0 Å². The van der Waals surface area contributed by atoms with Gasteiger partial charge in [0.2, 0.25) is 11.8 Å². The molecule has 0 radical (unpaired) electrons. The van der Waals surface area contributed by atoms with Crippen LogP contribution >= 0.6 is 11.6 Å². The van der Waals surface area contributed by atoms with Crippen LogP contribution in [0.4, 0.5) is 18.9 Å². The van der Waals surface area contributed by atoms with Crippen molar-refractivity contribution in [2.45, 2.75) is 46.3 Å². The van der Waals surface area contributed by atoms with Crippen LogP contribution in [0.2, 0.25) is 5.02 Å². The molecule has 0 spiro atoms. The first-order valence-electron chi connectivity index (χ1n) is 7.15. The standard InChI is InChI=1S/C16H20ClF3N2O2/c1-14(2,3)22-13(24)15(4,5)12(23)21-11-8-9(16(18,19)20)6-7-10(11)17/h6-8H,1-5H3,(H,21,23)(H,22,24). The summed E-state index contributed by atoms with van der Waals surface area (Å²) in [5, 5.41) is 4.91. The molecule has 0 aliphatic rings. The Morgan fingerprint density at radius 3 is 2.00 bits per heavy atom. The smallest absolute Gasteiger partial charge is 0.351 e. The van der Waals surface area contributed by atoms with Gasteiger partial charge in [-0.15, -0.1) is 0 Å². The molecule has 0 aliphatic heterocycles. The minimum atomic E-state index is -4.57. The second kappa shape index (κ2) is 6.63. The Hall–Kier alpha value is -1.76. The Labute approximate surface area is 143 Å². The van der Waals surface area contributed by atoms with Crippen LogP contribution in [0.5, 0.6) is 0 Å². The Morgan fingerprint density at radius 1 is 1.00 bits per heavy atom. The normalized spacial score (nSPS) is 12.7. The molecule has 1 rings (SSSR count). The number of nitrogens with one attached hydrogen (secondary N) is 2. The maximum atomic E-state index is 12.8. The van der Waals surface area contributed by atoms with Crippen LogP contribution in [-0.2, 0) is 15.8 Å². The molecule has 0 heterocycles. The van der Waals surface area contributed by atoms with Crippen LogP contribution in [0, 0.1) is 5.41 Å². The summed E-state index contributed by atoms with van der Waals surface area (Å²) in [5.74, 6) is -1.30. The van der Waals surface area contributed by atoms with Crippen LogP contribution in [0.1, 0.15) is 40.2 Å². The van der Waals surface area contributed by atoms with Gasteiger partial charge in [0.05, 0.1) is 16.3 Å². The first kappa shape index (κ1) is 20.3. The summed E-state index contributed by atoms with van der Waals surface area (Å²) in [6.45, 7) is 8.02. The van der Waals surface area contributed by atoms with Crippen molar-refractivity contribution in [2.75, 3.05) is 5.32 Å². The van der Waals surface area contributed by atoms with Gasteiger partial charge in [-0.1, -0.05) is 11.6 Å². The largest absolute Gasteiger partial charge is 0.416 e. The maximum Gasteiger partial charge on any atom is 0.416 e. The Morgan fingerprint density at radius 2 is 1.54 bits per heavy atom. The lowest BCUT2D eigenvalue weighted by Crippen LogP contribution is -2.51. The highest BCUT2D eigenvalue weighted by molar-refractivity contribution is 6.34. The zero-order valence-corrected chi connectivity index (χ0v) is 14.8. The van der Waals surface area contributed by atoms with E-state index in [1.54, 1.807) is 20.8 Å². The van der Waals surface area contributed by atoms with Gasteiger partial charge in [-0.25, -0.2) is 0 Å². The van der Waals surface area contributed by atoms with Crippen LogP contribution in [-0.4, -0.2) is 17.4 Å². The summed E-state index contributed by atoms with van der Waals surface area (Å²) >= 11 is 5.84. The van der Waals surface area contributed by atoms with Gasteiger partial charge >= 0.3 is 6.18 Å². The molecule has 134 valence electrons. The molecule has 0 atom stereocenters. The number of hydrogen-bond acceptors (Lipinski definition) is 2. The Bertz CT molecular complexity index is 650. The SMILES string of the molecule is CC(C)(C)NC(=O)C(C)(C)C(=O)Nc1cc(C(F)(F)F)ccc1Cl. The predicted octanol–water partition coefficient (Wildman–Crippen LogP) is 4.24. The minimum absolute atomic E-state index is 0.0524. The first-order valence-corrected chi connectivity index (χ1v) is 7.53. The molecule has 8 heteroatoms. The van der Waals surface area contributed by atoms with Gasteiger partial charge in [0.1, 0.15) is 5.41 Å². The molecule has 4 nitrogen and oxygen atoms in total. The van der Waals surface area contributed by atoms with Crippen molar-refractivity contribution in [2.24, 2.45) is 5.41 Å². The lowest BCUT2D eigenvalue weighted by molar-refractivity contribution is -0.140. The van der Waals surface area contributed by atoms with E-state index in [1.165, 1.54) is 13.8 Å². The van der Waals surface area contributed by atoms with Gasteiger partial charge in [0.25, 0.3) is 0 Å². The molecule has 0 unspecified atom stereocenters. The minimum Gasteiger partial charge on any atom is -0.351 e. The summed E-state index contributed by atoms with van der Waals surface area (Å²) in [6, 6.07) is 2.59. The second-order valence-electron chi connectivity index (χ2n) is 6.98. The number of rotatable bonds is 3. The van der Waals surface area contributed by atoms with E-state index in [9.17, 15) is 22.8 Å². The van der Waals surface area contributed by atoms with Gasteiger partial charge in [0.15, 0.2) is 0 Å². The number of amides is 2. The van der Waals surface area contributed by atoms with Crippen molar-refractivity contribution in [3.8, 4) is 0 Å². The molecular weight excluding hydrogens is 345 g/mol. The molecule has 24 heavy (non-hydrogen) atoms. The quantitative estimate of drug-likeness (QED) is 0.788. The summed E-state index contributed by atoms with van der Waals surface area (Å²) in [4.78, 5) is 24.6. The van der Waals surface area contributed by atoms with E-state index in [2.05, 4.69) is 10.6 Å². The fourth-order valence-corrected chi connectivity index (χ4v) is 1.84. The molecule has 2 amide bonds. The molecule has 0 saturated carbocycles. The van der Waals surface area contributed by atoms with Gasteiger partial charge in [-0.2, -0.15) is 13.2 Å². The third-order valence-corrected chi connectivity index (χ3v) is 3.50. The van der Waals surface area contributed by atoms with Gasteiger partial charge in [-0.05, 0) is 52.8 Å². The highest BCUT2D eigenvalue weighted by Gasteiger charge is 2.38. The van der Waals surface area contributed by atoms with E-state index in [0.717, 1.165) is 18.2 Å². The van der Waals surface area contributed by atoms with Crippen LogP contribution < -0.4 is 10.6 Å². The number of benzene rings is 1. The van der Waals surface area contributed by atoms with E-state index >= 15 is 0 Å². The predicted molar refractivity (Wildman–Crippen MR) is 86.8 cm³/mol. The molecule has 2 N–H and O–H groups in total. The highest BCUT2D eigenvalue weighted by Crippen LogP contribution is 2.34. The molecule has 0 bridgehead atoms. The monoisotopic (exact) mass is 364 g/mol. The van der Waals surface area contributed by atoms with E-state index in [4.69, 9.17) is 11.6 Å². The number of carbonyl (C=O) groups is 2. The lowest BCUT2D eigenvalue weighted by atomic mass is 9.89. The molecule has 1 aromatic carbocycles. The van der Waals surface area contributed by atoms with E-state index in [0.29, 0.717) is 0 Å². The fraction of sp³-hybridized carbons (Fsp3) is 0.500. The average molecular weight is 365 g/mol. The summed E-state index contributed by atoms with van der Waals surface area (Å²) in [5.41, 5.74) is -3.19.